The topological polar surface area (TPSA) is 41.1 Å². The van der Waals surface area contributed by atoms with Crippen molar-refractivity contribution in [3.63, 3.8) is 0 Å². The Balaban J connectivity index is 1.77. The lowest BCUT2D eigenvalue weighted by atomic mass is 10.1. The summed E-state index contributed by atoms with van der Waals surface area (Å²) >= 11 is 0. The minimum atomic E-state index is 0.0725. The van der Waals surface area contributed by atoms with Gasteiger partial charge in [-0.2, -0.15) is 0 Å². The number of hydrogen-bond acceptors (Lipinski definition) is 2. The Morgan fingerprint density at radius 2 is 2.06 bits per heavy atom. The predicted octanol–water partition coefficient (Wildman–Crippen LogP) is 1.62. The fourth-order valence-electron chi connectivity index (χ4n) is 1.64. The molecule has 3 nitrogen and oxygen atoms in total. The van der Waals surface area contributed by atoms with Gasteiger partial charge in [0.2, 0.25) is 5.91 Å². The summed E-state index contributed by atoms with van der Waals surface area (Å²) in [6, 6.07) is 10.7. The third kappa shape index (κ3) is 3.35. The number of carbonyl (C=O) groups excluding carboxylic acids is 1. The molecule has 2 N–H and O–H groups in total. The zero-order valence-corrected chi connectivity index (χ0v) is 9.57. The van der Waals surface area contributed by atoms with Crippen molar-refractivity contribution >= 4 is 5.91 Å². The van der Waals surface area contributed by atoms with Crippen LogP contribution < -0.4 is 10.6 Å². The van der Waals surface area contributed by atoms with Gasteiger partial charge in [0.15, 0.2) is 0 Å². The molecule has 0 aromatic heterocycles. The molecule has 0 heterocycles. The van der Waals surface area contributed by atoms with Crippen molar-refractivity contribution in [2.75, 3.05) is 6.54 Å². The number of carbonyl (C=O) groups is 1. The van der Waals surface area contributed by atoms with Crippen LogP contribution in [0.3, 0.4) is 0 Å². The quantitative estimate of drug-likeness (QED) is 0.788. The lowest BCUT2D eigenvalue weighted by molar-refractivity contribution is -0.120. The summed E-state index contributed by atoms with van der Waals surface area (Å²) in [5.74, 6) is 0.0725. The van der Waals surface area contributed by atoms with Crippen molar-refractivity contribution in [3.05, 3.63) is 35.9 Å². The van der Waals surface area contributed by atoms with Crippen LogP contribution in [-0.4, -0.2) is 18.5 Å². The third-order valence-corrected chi connectivity index (χ3v) is 2.81. The van der Waals surface area contributed by atoms with E-state index < -0.39 is 0 Å². The normalized spacial score (nSPS) is 16.8. The summed E-state index contributed by atoms with van der Waals surface area (Å²) in [6.45, 7) is 2.44. The molecule has 1 fully saturated rings. The second-order valence-electron chi connectivity index (χ2n) is 4.36. The van der Waals surface area contributed by atoms with Crippen LogP contribution in [0.2, 0.25) is 0 Å². The van der Waals surface area contributed by atoms with Gasteiger partial charge in [-0.15, -0.1) is 0 Å². The molecule has 3 heteroatoms. The monoisotopic (exact) mass is 218 g/mol. The van der Waals surface area contributed by atoms with Crippen molar-refractivity contribution in [1.82, 2.24) is 10.6 Å². The Hall–Kier alpha value is -1.35. The van der Waals surface area contributed by atoms with E-state index in [0.29, 0.717) is 12.6 Å². The van der Waals surface area contributed by atoms with Gasteiger partial charge in [0.05, 0.1) is 12.6 Å². The first-order valence-electron chi connectivity index (χ1n) is 5.83. The highest BCUT2D eigenvalue weighted by atomic mass is 16.1. The average Bonchev–Trinajstić information content (AvgIpc) is 3.11. The van der Waals surface area contributed by atoms with Crippen LogP contribution >= 0.6 is 0 Å². The molecule has 16 heavy (non-hydrogen) atoms. The van der Waals surface area contributed by atoms with Gasteiger partial charge in [-0.05, 0) is 25.3 Å². The van der Waals surface area contributed by atoms with Gasteiger partial charge in [-0.25, -0.2) is 0 Å². The van der Waals surface area contributed by atoms with Crippen molar-refractivity contribution in [1.29, 1.82) is 0 Å². The fraction of sp³-hybridized carbons (Fsp3) is 0.462. The van der Waals surface area contributed by atoms with E-state index in [1.54, 1.807) is 0 Å². The second-order valence-corrected chi connectivity index (χ2v) is 4.36. The van der Waals surface area contributed by atoms with Crippen LogP contribution in [0.15, 0.2) is 30.3 Å². The summed E-state index contributed by atoms with van der Waals surface area (Å²) < 4.78 is 0. The minimum absolute atomic E-state index is 0.0725. The van der Waals surface area contributed by atoms with E-state index in [1.165, 1.54) is 12.8 Å². The Labute approximate surface area is 96.2 Å². The summed E-state index contributed by atoms with van der Waals surface area (Å²) in [7, 11) is 0. The second kappa shape index (κ2) is 5.12. The molecule has 0 saturated heterocycles. The molecular formula is C13H18N2O. The van der Waals surface area contributed by atoms with Crippen LogP contribution in [-0.2, 0) is 4.79 Å². The van der Waals surface area contributed by atoms with Gasteiger partial charge in [-0.1, -0.05) is 30.3 Å². The summed E-state index contributed by atoms with van der Waals surface area (Å²) in [4.78, 5) is 11.6. The highest BCUT2D eigenvalue weighted by Crippen LogP contribution is 2.18. The fourth-order valence-corrected chi connectivity index (χ4v) is 1.64. The zero-order valence-electron chi connectivity index (χ0n) is 9.57. The molecule has 1 aliphatic rings. The number of amides is 1. The van der Waals surface area contributed by atoms with Crippen molar-refractivity contribution < 1.29 is 4.79 Å². The van der Waals surface area contributed by atoms with Gasteiger partial charge in [0.25, 0.3) is 0 Å². The van der Waals surface area contributed by atoms with E-state index in [9.17, 15) is 4.79 Å². The van der Waals surface area contributed by atoms with Gasteiger partial charge >= 0.3 is 0 Å². The molecule has 2 rings (SSSR count). The third-order valence-electron chi connectivity index (χ3n) is 2.81. The molecule has 1 aliphatic carbocycles. The smallest absolute Gasteiger partial charge is 0.234 e. The van der Waals surface area contributed by atoms with Crippen LogP contribution in [0, 0.1) is 0 Å². The zero-order chi connectivity index (χ0) is 11.4. The van der Waals surface area contributed by atoms with Crippen molar-refractivity contribution in [2.24, 2.45) is 0 Å². The SMILES string of the molecule is C[C@H](NC(=O)CNC1CC1)c1ccccc1. The maximum Gasteiger partial charge on any atom is 0.234 e. The van der Waals surface area contributed by atoms with Gasteiger partial charge < -0.3 is 10.6 Å². The molecule has 0 spiro atoms. The van der Waals surface area contributed by atoms with E-state index in [4.69, 9.17) is 0 Å². The number of rotatable bonds is 5. The van der Waals surface area contributed by atoms with Crippen molar-refractivity contribution in [3.8, 4) is 0 Å². The minimum Gasteiger partial charge on any atom is -0.348 e. The maximum absolute atomic E-state index is 11.6. The lowest BCUT2D eigenvalue weighted by Crippen LogP contribution is -2.36. The van der Waals surface area contributed by atoms with Gasteiger partial charge in [-0.3, -0.25) is 4.79 Å². The maximum atomic E-state index is 11.6. The first kappa shape index (κ1) is 11.1. The van der Waals surface area contributed by atoms with Crippen LogP contribution in [0.25, 0.3) is 0 Å². The van der Waals surface area contributed by atoms with Crippen LogP contribution in [0.5, 0.6) is 0 Å². The number of benzene rings is 1. The van der Waals surface area contributed by atoms with Gasteiger partial charge in [0, 0.05) is 6.04 Å². The molecule has 1 saturated carbocycles. The molecular weight excluding hydrogens is 200 g/mol. The molecule has 0 radical (unpaired) electrons. The van der Waals surface area contributed by atoms with Crippen molar-refractivity contribution in [2.45, 2.75) is 31.8 Å². The Morgan fingerprint density at radius 1 is 1.38 bits per heavy atom. The first-order valence-corrected chi connectivity index (χ1v) is 5.83. The summed E-state index contributed by atoms with van der Waals surface area (Å²) in [5.41, 5.74) is 1.14. The standard InChI is InChI=1S/C13H18N2O/c1-10(11-5-3-2-4-6-11)15-13(16)9-14-12-7-8-12/h2-6,10,12,14H,7-9H2,1H3,(H,15,16)/t10-/m0/s1. The molecule has 1 aromatic carbocycles. The van der Waals surface area contributed by atoms with E-state index >= 15 is 0 Å². The van der Waals surface area contributed by atoms with E-state index in [2.05, 4.69) is 10.6 Å². The largest absolute Gasteiger partial charge is 0.348 e. The lowest BCUT2D eigenvalue weighted by Gasteiger charge is -2.14. The van der Waals surface area contributed by atoms with Gasteiger partial charge in [0.1, 0.15) is 0 Å². The average molecular weight is 218 g/mol. The Bertz CT molecular complexity index is 346. The molecule has 1 amide bonds. The highest BCUT2D eigenvalue weighted by molar-refractivity contribution is 5.78. The number of hydrogen-bond donors (Lipinski definition) is 2. The molecule has 1 atom stereocenters. The Kier molecular flexibility index (Phi) is 3.57. The molecule has 0 unspecified atom stereocenters. The van der Waals surface area contributed by atoms with E-state index in [-0.39, 0.29) is 11.9 Å². The van der Waals surface area contributed by atoms with E-state index in [0.717, 1.165) is 5.56 Å². The molecule has 1 aromatic rings. The first-order chi connectivity index (χ1) is 7.75. The summed E-state index contributed by atoms with van der Waals surface area (Å²) in [5, 5.41) is 6.18. The van der Waals surface area contributed by atoms with Crippen LogP contribution in [0.4, 0.5) is 0 Å². The summed E-state index contributed by atoms with van der Waals surface area (Å²) in [6.07, 6.45) is 2.42. The molecule has 86 valence electrons. The predicted molar refractivity (Wildman–Crippen MR) is 64.0 cm³/mol. The number of nitrogens with one attached hydrogen (secondary N) is 2. The van der Waals surface area contributed by atoms with E-state index in [1.807, 2.05) is 37.3 Å². The highest BCUT2D eigenvalue weighted by Gasteiger charge is 2.21. The van der Waals surface area contributed by atoms with Crippen LogP contribution in [0.1, 0.15) is 31.4 Å². The molecule has 0 aliphatic heterocycles. The Morgan fingerprint density at radius 3 is 2.69 bits per heavy atom. The molecule has 0 bridgehead atoms.